The first-order chi connectivity index (χ1) is 6.68. The molecule has 80 valence electrons. The Kier molecular flexibility index (Phi) is 2.62. The van der Waals surface area contributed by atoms with Gasteiger partial charge in [-0.15, -0.1) is 0 Å². The van der Waals surface area contributed by atoms with Gasteiger partial charge in [-0.05, 0) is 33.1 Å². The zero-order chi connectivity index (χ0) is 10.1. The van der Waals surface area contributed by atoms with Crippen molar-refractivity contribution in [1.29, 1.82) is 0 Å². The molecule has 0 radical (unpaired) electrons. The van der Waals surface area contributed by atoms with E-state index in [9.17, 15) is 0 Å². The van der Waals surface area contributed by atoms with Gasteiger partial charge in [0.1, 0.15) is 0 Å². The second-order valence-electron chi connectivity index (χ2n) is 4.12. The highest BCUT2D eigenvalue weighted by atomic mass is 16.7. The number of nitrogens with zero attached hydrogens (tertiary/aromatic N) is 2. The Hall–Kier alpha value is -0.780. The molecule has 5 nitrogen and oxygen atoms in total. The molecule has 0 bridgehead atoms. The van der Waals surface area contributed by atoms with Crippen molar-refractivity contribution in [3.63, 3.8) is 0 Å². The third kappa shape index (κ3) is 1.70. The van der Waals surface area contributed by atoms with Crippen LogP contribution in [0.3, 0.4) is 0 Å². The first-order valence-corrected chi connectivity index (χ1v) is 5.19. The highest BCUT2D eigenvalue weighted by Crippen LogP contribution is 2.19. The van der Waals surface area contributed by atoms with Gasteiger partial charge in [-0.1, -0.05) is 0 Å². The van der Waals surface area contributed by atoms with Crippen molar-refractivity contribution in [2.75, 3.05) is 0 Å². The zero-order valence-corrected chi connectivity index (χ0v) is 8.73. The first kappa shape index (κ1) is 9.76. The van der Waals surface area contributed by atoms with E-state index in [-0.39, 0.29) is 0 Å². The van der Waals surface area contributed by atoms with Crippen LogP contribution in [0.1, 0.15) is 33.1 Å². The van der Waals surface area contributed by atoms with Gasteiger partial charge in [-0.3, -0.25) is 5.12 Å². The monoisotopic (exact) mass is 198 g/mol. The van der Waals surface area contributed by atoms with Crippen LogP contribution in [-0.2, 0) is 4.84 Å². The maximum absolute atomic E-state index is 5.52. The molecular weight excluding hydrogens is 180 g/mol. The van der Waals surface area contributed by atoms with Crippen molar-refractivity contribution in [3.05, 3.63) is 17.7 Å². The lowest BCUT2D eigenvalue weighted by Crippen LogP contribution is -3.11. The van der Waals surface area contributed by atoms with E-state index in [1.54, 1.807) is 6.20 Å². The highest BCUT2D eigenvalue weighted by molar-refractivity contribution is 4.85. The number of hydrogen-bond donors (Lipinski definition) is 2. The van der Waals surface area contributed by atoms with Gasteiger partial charge in [0.25, 0.3) is 0 Å². The van der Waals surface area contributed by atoms with Crippen molar-refractivity contribution in [3.8, 4) is 0 Å². The molecule has 0 aromatic carbocycles. The van der Waals surface area contributed by atoms with Crippen LogP contribution in [0, 0.1) is 0 Å². The van der Waals surface area contributed by atoms with Crippen molar-refractivity contribution in [2.24, 2.45) is 5.73 Å². The Morgan fingerprint density at radius 3 is 2.64 bits per heavy atom. The number of nitrogens with two attached hydrogens (primary N) is 1. The van der Waals surface area contributed by atoms with E-state index >= 15 is 0 Å². The van der Waals surface area contributed by atoms with E-state index in [2.05, 4.69) is 24.4 Å². The molecule has 0 saturated carbocycles. The van der Waals surface area contributed by atoms with Gasteiger partial charge in [0.15, 0.2) is 6.20 Å². The summed E-state index contributed by atoms with van der Waals surface area (Å²) >= 11 is 0. The predicted molar refractivity (Wildman–Crippen MR) is 52.3 cm³/mol. The molecule has 2 rings (SSSR count). The lowest BCUT2D eigenvalue weighted by atomic mass is 10.00. The van der Waals surface area contributed by atoms with E-state index in [0.717, 1.165) is 5.12 Å². The maximum Gasteiger partial charge on any atom is 0.229 e. The molecule has 3 unspecified atom stereocenters. The van der Waals surface area contributed by atoms with Crippen molar-refractivity contribution in [2.45, 2.75) is 45.2 Å². The van der Waals surface area contributed by atoms with Gasteiger partial charge in [-0.2, -0.15) is 5.01 Å². The molecule has 2 aliphatic heterocycles. The molecule has 3 N–H and O–H groups in total. The van der Waals surface area contributed by atoms with E-state index in [1.807, 2.05) is 0 Å². The minimum absolute atomic E-state index is 0.393. The normalized spacial score (nSPS) is 39.3. The Morgan fingerprint density at radius 1 is 1.50 bits per heavy atom. The molecule has 3 atom stereocenters. The van der Waals surface area contributed by atoms with Crippen LogP contribution in [0.25, 0.3) is 5.59 Å². The van der Waals surface area contributed by atoms with Crippen molar-refractivity contribution >= 4 is 0 Å². The summed E-state index contributed by atoms with van der Waals surface area (Å²) in [6.07, 6.45) is 5.54. The summed E-state index contributed by atoms with van der Waals surface area (Å²) in [5, 5.41) is 3.17. The van der Waals surface area contributed by atoms with Gasteiger partial charge >= 0.3 is 0 Å². The summed E-state index contributed by atoms with van der Waals surface area (Å²) in [6.45, 7) is 4.45. The zero-order valence-electron chi connectivity index (χ0n) is 8.73. The number of rotatable bonds is 1. The standard InChI is InChI=1S/C9H18N4O/c1-7-4-3-5-8(2)13(7)12-6-9(10)14-11-12/h6-8,12H,3-5,10H2,1-2H3. The summed E-state index contributed by atoms with van der Waals surface area (Å²) in [7, 11) is 0. The SMILES string of the molecule is CC1CCCC(C)N1[NH+]1C=C(N)O[N-]1. The van der Waals surface area contributed by atoms with Crippen LogP contribution >= 0.6 is 0 Å². The number of quaternary nitrogens is 1. The van der Waals surface area contributed by atoms with Crippen molar-refractivity contribution in [1.82, 2.24) is 5.01 Å². The molecular formula is C9H18N4O. The molecule has 0 spiro atoms. The average molecular weight is 198 g/mol. The largest absolute Gasteiger partial charge is 0.521 e. The molecule has 1 saturated heterocycles. The fraction of sp³-hybridized carbons (Fsp3) is 0.778. The van der Waals surface area contributed by atoms with E-state index < -0.39 is 0 Å². The van der Waals surface area contributed by atoms with E-state index in [0.29, 0.717) is 18.0 Å². The molecule has 1 fully saturated rings. The van der Waals surface area contributed by atoms with E-state index in [4.69, 9.17) is 10.6 Å². The summed E-state index contributed by atoms with van der Waals surface area (Å²) in [6, 6.07) is 1.06. The fourth-order valence-corrected chi connectivity index (χ4v) is 2.27. The molecule has 0 aromatic rings. The van der Waals surface area contributed by atoms with Crippen LogP contribution in [0.4, 0.5) is 0 Å². The molecule has 0 aliphatic carbocycles. The first-order valence-electron chi connectivity index (χ1n) is 5.19. The number of nitrogens with one attached hydrogen (secondary N) is 1. The van der Waals surface area contributed by atoms with Crippen molar-refractivity contribution < 1.29 is 9.96 Å². The minimum atomic E-state index is 0.393. The molecule has 5 heteroatoms. The Labute approximate surface area is 84.4 Å². The van der Waals surface area contributed by atoms with Gasteiger partial charge in [0.2, 0.25) is 5.88 Å². The summed E-state index contributed by atoms with van der Waals surface area (Å²) in [5.74, 6) is 0.393. The second-order valence-corrected chi connectivity index (χ2v) is 4.12. The molecule has 14 heavy (non-hydrogen) atoms. The Bertz CT molecular complexity index is 233. The predicted octanol–water partition coefficient (Wildman–Crippen LogP) is 0.0407. The molecule has 0 amide bonds. The molecule has 0 aromatic heterocycles. The minimum Gasteiger partial charge on any atom is -0.521 e. The summed E-state index contributed by atoms with van der Waals surface area (Å²) in [4.78, 5) is 4.90. The lowest BCUT2D eigenvalue weighted by molar-refractivity contribution is -0.953. The van der Waals surface area contributed by atoms with Crippen LogP contribution in [0.15, 0.2) is 12.1 Å². The smallest absolute Gasteiger partial charge is 0.229 e. The fourth-order valence-electron chi connectivity index (χ4n) is 2.27. The Balaban J connectivity index is 2.07. The molecule has 2 heterocycles. The Morgan fingerprint density at radius 2 is 2.14 bits per heavy atom. The van der Waals surface area contributed by atoms with Crippen LogP contribution in [0.2, 0.25) is 0 Å². The number of hydrogen-bond acceptors (Lipinski definition) is 3. The number of piperidine rings is 1. The van der Waals surface area contributed by atoms with Crippen LogP contribution in [-0.4, -0.2) is 17.1 Å². The topological polar surface area (TPSA) is 57.0 Å². The second kappa shape index (κ2) is 3.76. The quantitative estimate of drug-likeness (QED) is 0.625. The third-order valence-corrected chi connectivity index (χ3v) is 2.97. The van der Waals surface area contributed by atoms with Gasteiger partial charge < -0.3 is 10.6 Å². The highest BCUT2D eigenvalue weighted by Gasteiger charge is 2.31. The summed E-state index contributed by atoms with van der Waals surface area (Å²) in [5.41, 5.74) is 9.49. The van der Waals surface area contributed by atoms with Gasteiger partial charge in [0.05, 0.1) is 12.1 Å². The lowest BCUT2D eigenvalue weighted by Gasteiger charge is -2.42. The average Bonchev–Trinajstić information content (AvgIpc) is 2.51. The molecule has 2 aliphatic rings. The van der Waals surface area contributed by atoms with Crippen LogP contribution in [0.5, 0.6) is 0 Å². The van der Waals surface area contributed by atoms with Gasteiger partial charge in [0, 0.05) is 0 Å². The van der Waals surface area contributed by atoms with Gasteiger partial charge in [-0.25, -0.2) is 5.59 Å². The van der Waals surface area contributed by atoms with E-state index in [1.165, 1.54) is 19.3 Å². The van der Waals surface area contributed by atoms with Crippen LogP contribution < -0.4 is 10.9 Å². The maximum atomic E-state index is 5.52. The third-order valence-electron chi connectivity index (χ3n) is 2.97. The summed E-state index contributed by atoms with van der Waals surface area (Å²) < 4.78 is 0.